The van der Waals surface area contributed by atoms with Crippen molar-refractivity contribution >= 4 is 11.6 Å². The van der Waals surface area contributed by atoms with Gasteiger partial charge in [0, 0.05) is 17.4 Å². The van der Waals surface area contributed by atoms with Crippen molar-refractivity contribution in [1.29, 1.82) is 0 Å². The lowest BCUT2D eigenvalue weighted by Crippen LogP contribution is -1.92. The number of benzene rings is 1. The maximum Gasteiger partial charge on any atom is 0.0408 e. The van der Waals surface area contributed by atoms with E-state index in [0.29, 0.717) is 0 Å². The third-order valence-corrected chi connectivity index (χ3v) is 3.42. The summed E-state index contributed by atoms with van der Waals surface area (Å²) in [6.45, 7) is 2.12. The molecule has 2 rings (SSSR count). The van der Waals surface area contributed by atoms with E-state index in [2.05, 4.69) is 30.1 Å². The summed E-state index contributed by atoms with van der Waals surface area (Å²) in [6.07, 6.45) is 8.45. The monoisotopic (exact) mass is 259 g/mol. The van der Waals surface area contributed by atoms with Crippen LogP contribution in [0.4, 0.5) is 0 Å². The van der Waals surface area contributed by atoms with E-state index in [-0.39, 0.29) is 0 Å². The Morgan fingerprint density at radius 3 is 2.72 bits per heavy atom. The number of nitrogens with zero attached hydrogens (tertiary/aromatic N) is 1. The highest BCUT2D eigenvalue weighted by molar-refractivity contribution is 6.30. The Morgan fingerprint density at radius 2 is 1.94 bits per heavy atom. The topological polar surface area (TPSA) is 12.9 Å². The van der Waals surface area contributed by atoms with Gasteiger partial charge < -0.3 is 0 Å². The summed E-state index contributed by atoms with van der Waals surface area (Å²) in [5, 5.41) is 0.831. The van der Waals surface area contributed by atoms with E-state index in [1.807, 2.05) is 24.5 Å². The van der Waals surface area contributed by atoms with E-state index >= 15 is 0 Å². The summed E-state index contributed by atoms with van der Waals surface area (Å²) in [7, 11) is 0. The third kappa shape index (κ3) is 3.85. The first-order valence-electron chi connectivity index (χ1n) is 6.39. The average Bonchev–Trinajstić information content (AvgIpc) is 2.37. The number of unbranched alkanes of at least 4 members (excludes halogenated alkanes) is 1. The van der Waals surface area contributed by atoms with Crippen molar-refractivity contribution in [2.24, 2.45) is 0 Å². The van der Waals surface area contributed by atoms with E-state index in [9.17, 15) is 0 Å². The van der Waals surface area contributed by atoms with Gasteiger partial charge in [0.05, 0.1) is 0 Å². The van der Waals surface area contributed by atoms with E-state index in [1.165, 1.54) is 29.5 Å². The van der Waals surface area contributed by atoms with Gasteiger partial charge in [0.25, 0.3) is 0 Å². The van der Waals surface area contributed by atoms with Crippen LogP contribution in [0.3, 0.4) is 0 Å². The first-order valence-corrected chi connectivity index (χ1v) is 6.77. The molecule has 2 aromatic rings. The molecule has 0 bridgehead atoms. The van der Waals surface area contributed by atoms with Gasteiger partial charge in [-0.3, -0.25) is 4.98 Å². The van der Waals surface area contributed by atoms with Gasteiger partial charge in [-0.15, -0.1) is 0 Å². The number of aromatic nitrogens is 1. The standard InChI is InChI=1S/C16H18ClN/c1-13-12-18-10-9-15(13)7-3-2-5-14-6-4-8-16(17)11-14/h4,6,8-12H,2-3,5,7H2,1H3. The molecule has 0 amide bonds. The summed E-state index contributed by atoms with van der Waals surface area (Å²) < 4.78 is 0. The highest BCUT2D eigenvalue weighted by atomic mass is 35.5. The Balaban J connectivity index is 1.78. The summed E-state index contributed by atoms with van der Waals surface area (Å²) in [6, 6.07) is 10.3. The second-order valence-corrected chi connectivity index (χ2v) is 5.08. The highest BCUT2D eigenvalue weighted by Gasteiger charge is 1.99. The number of hydrogen-bond acceptors (Lipinski definition) is 1. The number of aryl methyl sites for hydroxylation is 3. The van der Waals surface area contributed by atoms with Crippen LogP contribution in [-0.4, -0.2) is 4.98 Å². The molecule has 1 nitrogen and oxygen atoms in total. The minimum Gasteiger partial charge on any atom is -0.264 e. The molecule has 0 atom stereocenters. The summed E-state index contributed by atoms with van der Waals surface area (Å²) in [4.78, 5) is 4.12. The molecule has 94 valence electrons. The van der Waals surface area contributed by atoms with Crippen LogP contribution < -0.4 is 0 Å². The Morgan fingerprint density at radius 1 is 1.11 bits per heavy atom. The Labute approximate surface area is 114 Å². The van der Waals surface area contributed by atoms with Crippen LogP contribution in [0.1, 0.15) is 29.5 Å². The van der Waals surface area contributed by atoms with Crippen LogP contribution in [0.25, 0.3) is 0 Å². The number of halogens is 1. The second kappa shape index (κ2) is 6.55. The zero-order valence-corrected chi connectivity index (χ0v) is 11.5. The van der Waals surface area contributed by atoms with Crippen molar-refractivity contribution in [3.8, 4) is 0 Å². The molecular weight excluding hydrogens is 242 g/mol. The average molecular weight is 260 g/mol. The molecule has 0 radical (unpaired) electrons. The van der Waals surface area contributed by atoms with Gasteiger partial charge >= 0.3 is 0 Å². The van der Waals surface area contributed by atoms with Gasteiger partial charge in [-0.2, -0.15) is 0 Å². The van der Waals surface area contributed by atoms with E-state index in [1.54, 1.807) is 0 Å². The molecule has 1 aromatic carbocycles. The molecule has 0 spiro atoms. The summed E-state index contributed by atoms with van der Waals surface area (Å²) >= 11 is 5.97. The molecule has 2 heteroatoms. The van der Waals surface area contributed by atoms with Crippen LogP contribution in [-0.2, 0) is 12.8 Å². The van der Waals surface area contributed by atoms with Gasteiger partial charge in [0.1, 0.15) is 0 Å². The van der Waals surface area contributed by atoms with Crippen LogP contribution in [0.5, 0.6) is 0 Å². The van der Waals surface area contributed by atoms with E-state index < -0.39 is 0 Å². The lowest BCUT2D eigenvalue weighted by atomic mass is 10.0. The van der Waals surface area contributed by atoms with Gasteiger partial charge in [-0.05, 0) is 67.5 Å². The zero-order valence-electron chi connectivity index (χ0n) is 10.7. The van der Waals surface area contributed by atoms with Crippen LogP contribution >= 0.6 is 11.6 Å². The fourth-order valence-corrected chi connectivity index (χ4v) is 2.33. The molecule has 1 aromatic heterocycles. The number of rotatable bonds is 5. The SMILES string of the molecule is Cc1cnccc1CCCCc1cccc(Cl)c1. The molecular formula is C16H18ClN. The van der Waals surface area contributed by atoms with Crippen molar-refractivity contribution in [3.05, 3.63) is 64.4 Å². The zero-order chi connectivity index (χ0) is 12.8. The first-order chi connectivity index (χ1) is 8.75. The maximum atomic E-state index is 5.97. The lowest BCUT2D eigenvalue weighted by Gasteiger charge is -2.05. The van der Waals surface area contributed by atoms with E-state index in [4.69, 9.17) is 11.6 Å². The molecule has 0 saturated heterocycles. The normalized spacial score (nSPS) is 10.6. The second-order valence-electron chi connectivity index (χ2n) is 4.64. The molecule has 18 heavy (non-hydrogen) atoms. The molecule has 0 saturated carbocycles. The largest absolute Gasteiger partial charge is 0.264 e. The van der Waals surface area contributed by atoms with Crippen molar-refractivity contribution in [3.63, 3.8) is 0 Å². The molecule has 0 fully saturated rings. The molecule has 0 aliphatic rings. The predicted molar refractivity (Wildman–Crippen MR) is 77.1 cm³/mol. The molecule has 0 N–H and O–H groups in total. The molecule has 0 aliphatic heterocycles. The van der Waals surface area contributed by atoms with Gasteiger partial charge in [-0.25, -0.2) is 0 Å². The third-order valence-electron chi connectivity index (χ3n) is 3.19. The van der Waals surface area contributed by atoms with Crippen molar-refractivity contribution in [1.82, 2.24) is 4.98 Å². The summed E-state index contributed by atoms with van der Waals surface area (Å²) in [5.41, 5.74) is 4.03. The Hall–Kier alpha value is -1.34. The molecule has 0 aliphatic carbocycles. The minimum absolute atomic E-state index is 0.831. The lowest BCUT2D eigenvalue weighted by molar-refractivity contribution is 0.731. The molecule has 0 unspecified atom stereocenters. The Kier molecular flexibility index (Phi) is 4.77. The predicted octanol–water partition coefficient (Wildman–Crippen LogP) is 4.61. The Bertz CT molecular complexity index is 508. The van der Waals surface area contributed by atoms with Crippen LogP contribution in [0.2, 0.25) is 5.02 Å². The van der Waals surface area contributed by atoms with Crippen molar-refractivity contribution < 1.29 is 0 Å². The van der Waals surface area contributed by atoms with Crippen molar-refractivity contribution in [2.45, 2.75) is 32.6 Å². The van der Waals surface area contributed by atoms with E-state index in [0.717, 1.165) is 17.9 Å². The fourth-order valence-electron chi connectivity index (χ4n) is 2.12. The minimum atomic E-state index is 0.831. The maximum absolute atomic E-state index is 5.97. The first kappa shape index (κ1) is 13.1. The smallest absolute Gasteiger partial charge is 0.0408 e. The quantitative estimate of drug-likeness (QED) is 0.715. The number of hydrogen-bond donors (Lipinski definition) is 0. The van der Waals surface area contributed by atoms with Crippen LogP contribution in [0.15, 0.2) is 42.7 Å². The summed E-state index contributed by atoms with van der Waals surface area (Å²) in [5.74, 6) is 0. The van der Waals surface area contributed by atoms with Gasteiger partial charge in [-0.1, -0.05) is 23.7 Å². The van der Waals surface area contributed by atoms with Crippen molar-refractivity contribution in [2.75, 3.05) is 0 Å². The van der Waals surface area contributed by atoms with Gasteiger partial charge in [0.2, 0.25) is 0 Å². The number of pyridine rings is 1. The van der Waals surface area contributed by atoms with Gasteiger partial charge in [0.15, 0.2) is 0 Å². The highest BCUT2D eigenvalue weighted by Crippen LogP contribution is 2.14. The molecule has 1 heterocycles. The van der Waals surface area contributed by atoms with Crippen LogP contribution in [0, 0.1) is 6.92 Å². The fraction of sp³-hybridized carbons (Fsp3) is 0.312.